The molecule has 0 bridgehead atoms. The van der Waals surface area contributed by atoms with Gasteiger partial charge in [-0.25, -0.2) is 4.98 Å². The fourth-order valence-corrected chi connectivity index (χ4v) is 2.97. The van der Waals surface area contributed by atoms with E-state index in [1.165, 1.54) is 25.6 Å². The maximum atomic E-state index is 11.3. The lowest BCUT2D eigenvalue weighted by atomic mass is 9.75. The first-order valence-corrected chi connectivity index (χ1v) is 7.11. The molecule has 2 N–H and O–H groups in total. The van der Waals surface area contributed by atoms with Crippen LogP contribution in [0.15, 0.2) is 11.1 Å². The van der Waals surface area contributed by atoms with Gasteiger partial charge in [-0.05, 0) is 12.8 Å². The Morgan fingerprint density at radius 1 is 1.39 bits per heavy atom. The number of aromatic amines is 1. The van der Waals surface area contributed by atoms with E-state index in [1.54, 1.807) is 0 Å². The molecule has 0 aromatic carbocycles. The molecule has 18 heavy (non-hydrogen) atoms. The fraction of sp³-hybridized carbons (Fsp3) is 0.667. The van der Waals surface area contributed by atoms with Crippen LogP contribution in [0.5, 0.6) is 0 Å². The molecule has 100 valence electrons. The van der Waals surface area contributed by atoms with Crippen molar-refractivity contribution in [2.75, 3.05) is 17.7 Å². The molecule has 0 unspecified atom stereocenters. The number of halogens is 2. The standard InChI is InChI=1S/C12H17Cl2N3O/c13-6-12(4-2-1-3-5-12)7-15-10-9(14)11(18)17-8-16-10/h8H,1-7H2,(H2,15,16,17,18). The minimum Gasteiger partial charge on any atom is -0.368 e. The number of alkyl halides is 1. The summed E-state index contributed by atoms with van der Waals surface area (Å²) in [5.41, 5.74) is -0.217. The van der Waals surface area contributed by atoms with Crippen molar-refractivity contribution in [3.05, 3.63) is 21.7 Å². The van der Waals surface area contributed by atoms with Crippen LogP contribution in [0.25, 0.3) is 0 Å². The summed E-state index contributed by atoms with van der Waals surface area (Å²) in [6.07, 6.45) is 7.29. The molecule has 1 aliphatic carbocycles. The van der Waals surface area contributed by atoms with Gasteiger partial charge in [-0.3, -0.25) is 4.79 Å². The number of rotatable bonds is 4. The molecule has 1 fully saturated rings. The Hall–Kier alpha value is -0.740. The van der Waals surface area contributed by atoms with Crippen LogP contribution in [0, 0.1) is 5.41 Å². The number of anilines is 1. The van der Waals surface area contributed by atoms with Crippen LogP contribution in [-0.2, 0) is 0 Å². The third-order valence-electron chi connectivity index (χ3n) is 3.63. The minimum absolute atomic E-state index is 0.105. The second-order valence-corrected chi connectivity index (χ2v) is 5.59. The van der Waals surface area contributed by atoms with Gasteiger partial charge >= 0.3 is 0 Å². The van der Waals surface area contributed by atoms with Gasteiger partial charge < -0.3 is 10.3 Å². The largest absolute Gasteiger partial charge is 0.368 e. The van der Waals surface area contributed by atoms with Gasteiger partial charge in [0.1, 0.15) is 5.02 Å². The zero-order valence-corrected chi connectivity index (χ0v) is 11.7. The van der Waals surface area contributed by atoms with Crippen molar-refractivity contribution in [1.82, 2.24) is 9.97 Å². The Kier molecular flexibility index (Phi) is 4.51. The average molecular weight is 290 g/mol. The van der Waals surface area contributed by atoms with E-state index in [2.05, 4.69) is 15.3 Å². The van der Waals surface area contributed by atoms with Crippen molar-refractivity contribution in [3.8, 4) is 0 Å². The first-order valence-electron chi connectivity index (χ1n) is 6.20. The third-order valence-corrected chi connectivity index (χ3v) is 4.54. The van der Waals surface area contributed by atoms with Gasteiger partial charge in [0.2, 0.25) is 0 Å². The maximum Gasteiger partial charge on any atom is 0.271 e. The summed E-state index contributed by atoms with van der Waals surface area (Å²) in [4.78, 5) is 17.8. The van der Waals surface area contributed by atoms with Crippen molar-refractivity contribution in [1.29, 1.82) is 0 Å². The first kappa shape index (κ1) is 13.7. The van der Waals surface area contributed by atoms with Gasteiger partial charge in [0.25, 0.3) is 5.56 Å². The molecular formula is C12H17Cl2N3O. The zero-order valence-electron chi connectivity index (χ0n) is 10.1. The molecule has 0 radical (unpaired) electrons. The van der Waals surface area contributed by atoms with Crippen LogP contribution < -0.4 is 10.9 Å². The molecule has 1 saturated carbocycles. The molecule has 0 spiro atoms. The van der Waals surface area contributed by atoms with Crippen LogP contribution in [0.4, 0.5) is 5.82 Å². The summed E-state index contributed by atoms with van der Waals surface area (Å²) >= 11 is 12.0. The Balaban J connectivity index is 2.05. The van der Waals surface area contributed by atoms with Gasteiger partial charge in [0.15, 0.2) is 5.82 Å². The quantitative estimate of drug-likeness (QED) is 0.838. The topological polar surface area (TPSA) is 57.8 Å². The molecule has 0 saturated heterocycles. The highest BCUT2D eigenvalue weighted by molar-refractivity contribution is 6.32. The predicted molar refractivity (Wildman–Crippen MR) is 74.6 cm³/mol. The normalized spacial score (nSPS) is 18.6. The zero-order chi connectivity index (χ0) is 13.0. The van der Waals surface area contributed by atoms with Crippen LogP contribution in [-0.4, -0.2) is 22.4 Å². The summed E-state index contributed by atoms with van der Waals surface area (Å²) < 4.78 is 0. The predicted octanol–water partition coefficient (Wildman–Crippen LogP) is 3.02. The summed E-state index contributed by atoms with van der Waals surface area (Å²) in [6, 6.07) is 0. The van der Waals surface area contributed by atoms with E-state index in [1.807, 2.05) is 0 Å². The van der Waals surface area contributed by atoms with Gasteiger partial charge in [0, 0.05) is 17.8 Å². The van der Waals surface area contributed by atoms with Crippen LogP contribution in [0.3, 0.4) is 0 Å². The number of H-pyrrole nitrogens is 1. The van der Waals surface area contributed by atoms with Gasteiger partial charge in [0.05, 0.1) is 6.33 Å². The maximum absolute atomic E-state index is 11.3. The van der Waals surface area contributed by atoms with E-state index in [0.717, 1.165) is 12.8 Å². The van der Waals surface area contributed by atoms with Gasteiger partial charge in [-0.1, -0.05) is 30.9 Å². The summed E-state index contributed by atoms with van der Waals surface area (Å²) in [5, 5.41) is 3.28. The Morgan fingerprint density at radius 2 is 2.11 bits per heavy atom. The highest BCUT2D eigenvalue weighted by Gasteiger charge is 2.31. The van der Waals surface area contributed by atoms with Gasteiger partial charge in [-0.2, -0.15) is 0 Å². The van der Waals surface area contributed by atoms with E-state index >= 15 is 0 Å². The minimum atomic E-state index is -0.322. The van der Waals surface area contributed by atoms with Crippen molar-refractivity contribution in [3.63, 3.8) is 0 Å². The van der Waals surface area contributed by atoms with E-state index < -0.39 is 0 Å². The van der Waals surface area contributed by atoms with Crippen LogP contribution in [0.2, 0.25) is 5.02 Å². The smallest absolute Gasteiger partial charge is 0.271 e. The highest BCUT2D eigenvalue weighted by atomic mass is 35.5. The van der Waals surface area contributed by atoms with Gasteiger partial charge in [-0.15, -0.1) is 11.6 Å². The molecule has 4 nitrogen and oxygen atoms in total. The van der Waals surface area contributed by atoms with Crippen molar-refractivity contribution >= 4 is 29.0 Å². The molecule has 1 heterocycles. The molecule has 0 aliphatic heterocycles. The Bertz CT molecular complexity index is 455. The number of nitrogens with one attached hydrogen (secondary N) is 2. The lowest BCUT2D eigenvalue weighted by Gasteiger charge is -2.35. The number of hydrogen-bond donors (Lipinski definition) is 2. The highest BCUT2D eigenvalue weighted by Crippen LogP contribution is 2.37. The Labute approximate surface area is 116 Å². The molecule has 1 aromatic rings. The van der Waals surface area contributed by atoms with E-state index in [9.17, 15) is 4.79 Å². The van der Waals surface area contributed by atoms with Crippen LogP contribution >= 0.6 is 23.2 Å². The average Bonchev–Trinajstić information content (AvgIpc) is 2.41. The van der Waals surface area contributed by atoms with E-state index in [-0.39, 0.29) is 16.0 Å². The van der Waals surface area contributed by atoms with E-state index in [4.69, 9.17) is 23.2 Å². The molecule has 6 heteroatoms. The second kappa shape index (κ2) is 5.93. The van der Waals surface area contributed by atoms with Crippen LogP contribution in [0.1, 0.15) is 32.1 Å². The summed E-state index contributed by atoms with van der Waals surface area (Å²) in [7, 11) is 0. The lowest BCUT2D eigenvalue weighted by Crippen LogP contribution is -2.34. The van der Waals surface area contributed by atoms with Crippen molar-refractivity contribution < 1.29 is 0 Å². The fourth-order valence-electron chi connectivity index (χ4n) is 2.44. The molecule has 2 rings (SSSR count). The number of hydrogen-bond acceptors (Lipinski definition) is 3. The number of aromatic nitrogens is 2. The molecule has 1 aliphatic rings. The Morgan fingerprint density at radius 3 is 2.78 bits per heavy atom. The molecule has 0 amide bonds. The van der Waals surface area contributed by atoms with E-state index in [0.29, 0.717) is 18.2 Å². The first-order chi connectivity index (χ1) is 8.67. The SMILES string of the molecule is O=c1[nH]cnc(NCC2(CCl)CCCCC2)c1Cl. The second-order valence-electron chi connectivity index (χ2n) is 4.94. The summed E-state index contributed by atoms with van der Waals surface area (Å²) in [6.45, 7) is 0.715. The van der Waals surface area contributed by atoms with Crippen molar-refractivity contribution in [2.24, 2.45) is 5.41 Å². The molecular weight excluding hydrogens is 273 g/mol. The summed E-state index contributed by atoms with van der Waals surface area (Å²) in [5.74, 6) is 1.07. The third kappa shape index (κ3) is 2.98. The molecule has 0 atom stereocenters. The lowest BCUT2D eigenvalue weighted by molar-refractivity contribution is 0.238. The van der Waals surface area contributed by atoms with Crippen molar-refractivity contribution in [2.45, 2.75) is 32.1 Å². The monoisotopic (exact) mass is 289 g/mol. The number of nitrogens with zero attached hydrogens (tertiary/aromatic N) is 1. The molecule has 1 aromatic heterocycles.